The number of nitrogens with one attached hydrogen (secondary N) is 1. The molecule has 3 heteroatoms. The van der Waals surface area contributed by atoms with Crippen LogP contribution in [0.3, 0.4) is 0 Å². The quantitative estimate of drug-likeness (QED) is 0.736. The largest absolute Gasteiger partial charge is 0.489 e. The van der Waals surface area contributed by atoms with Gasteiger partial charge in [-0.05, 0) is 56.3 Å². The van der Waals surface area contributed by atoms with Crippen LogP contribution in [0.4, 0.5) is 0 Å². The average molecular weight is 285 g/mol. The van der Waals surface area contributed by atoms with Crippen LogP contribution in [-0.2, 0) is 0 Å². The Morgan fingerprint density at radius 1 is 0.905 bits per heavy atom. The maximum absolute atomic E-state index is 5.85. The molecule has 0 spiro atoms. The number of hydrogen-bond acceptors (Lipinski definition) is 3. The molecule has 1 atom stereocenters. The van der Waals surface area contributed by atoms with Gasteiger partial charge >= 0.3 is 0 Å². The molecule has 0 aromatic heterocycles. The first kappa shape index (κ1) is 15.4. The first-order valence-corrected chi connectivity index (χ1v) is 7.48. The Labute approximate surface area is 126 Å². The molecule has 0 heterocycles. The normalized spacial score (nSPS) is 11.9. The third-order valence-corrected chi connectivity index (χ3v) is 3.00. The molecule has 2 aromatic carbocycles. The number of ether oxygens (including phenoxy) is 2. The van der Waals surface area contributed by atoms with Crippen molar-refractivity contribution >= 4 is 0 Å². The highest BCUT2D eigenvalue weighted by Gasteiger charge is 2.04. The summed E-state index contributed by atoms with van der Waals surface area (Å²) in [4.78, 5) is 0. The highest BCUT2D eigenvalue weighted by Crippen LogP contribution is 2.23. The predicted molar refractivity (Wildman–Crippen MR) is 86.2 cm³/mol. The summed E-state index contributed by atoms with van der Waals surface area (Å²) in [5, 5.41) is 3.35. The van der Waals surface area contributed by atoms with E-state index >= 15 is 0 Å². The van der Waals surface area contributed by atoms with E-state index in [1.807, 2.05) is 54.6 Å². The Morgan fingerprint density at radius 3 is 2.19 bits per heavy atom. The zero-order valence-electron chi connectivity index (χ0n) is 12.7. The molecule has 0 saturated carbocycles. The third kappa shape index (κ3) is 5.48. The van der Waals surface area contributed by atoms with E-state index in [4.69, 9.17) is 9.47 Å². The monoisotopic (exact) mass is 285 g/mol. The summed E-state index contributed by atoms with van der Waals surface area (Å²) < 4.78 is 11.6. The van der Waals surface area contributed by atoms with Gasteiger partial charge in [0.1, 0.15) is 23.4 Å². The number of para-hydroxylation sites is 1. The molecule has 0 saturated heterocycles. The van der Waals surface area contributed by atoms with Crippen molar-refractivity contribution in [2.75, 3.05) is 13.1 Å². The fourth-order valence-electron chi connectivity index (χ4n) is 1.97. The van der Waals surface area contributed by atoms with E-state index in [9.17, 15) is 0 Å². The van der Waals surface area contributed by atoms with E-state index in [0.29, 0.717) is 0 Å². The lowest BCUT2D eigenvalue weighted by molar-refractivity contribution is 0.217. The lowest BCUT2D eigenvalue weighted by Crippen LogP contribution is -2.29. The van der Waals surface area contributed by atoms with Crippen molar-refractivity contribution in [3.05, 3.63) is 54.6 Å². The molecule has 0 radical (unpaired) electrons. The predicted octanol–water partition coefficient (Wildman–Crippen LogP) is 4.25. The van der Waals surface area contributed by atoms with E-state index in [1.165, 1.54) is 0 Å². The Balaban J connectivity index is 1.84. The van der Waals surface area contributed by atoms with Gasteiger partial charge in [0.2, 0.25) is 0 Å². The van der Waals surface area contributed by atoms with E-state index in [0.717, 1.165) is 36.8 Å². The highest BCUT2D eigenvalue weighted by molar-refractivity contribution is 5.35. The van der Waals surface area contributed by atoms with Gasteiger partial charge in [-0.25, -0.2) is 0 Å². The van der Waals surface area contributed by atoms with Crippen molar-refractivity contribution < 1.29 is 9.47 Å². The van der Waals surface area contributed by atoms with Gasteiger partial charge in [0.15, 0.2) is 0 Å². The van der Waals surface area contributed by atoms with E-state index in [2.05, 4.69) is 19.2 Å². The summed E-state index contributed by atoms with van der Waals surface area (Å²) in [5.74, 6) is 2.51. The zero-order valence-corrected chi connectivity index (χ0v) is 12.7. The van der Waals surface area contributed by atoms with Gasteiger partial charge in [-0.2, -0.15) is 0 Å². The first-order valence-electron chi connectivity index (χ1n) is 7.48. The van der Waals surface area contributed by atoms with Crippen LogP contribution in [0, 0.1) is 0 Å². The van der Waals surface area contributed by atoms with Crippen molar-refractivity contribution in [2.24, 2.45) is 0 Å². The molecule has 0 aliphatic heterocycles. The summed E-state index contributed by atoms with van der Waals surface area (Å²) in [6.45, 7) is 6.11. The number of benzene rings is 2. The molecule has 112 valence electrons. The van der Waals surface area contributed by atoms with Crippen LogP contribution in [0.15, 0.2) is 54.6 Å². The van der Waals surface area contributed by atoms with Crippen molar-refractivity contribution in [3.63, 3.8) is 0 Å². The van der Waals surface area contributed by atoms with Crippen LogP contribution in [0.25, 0.3) is 0 Å². The van der Waals surface area contributed by atoms with Crippen LogP contribution in [0.5, 0.6) is 17.2 Å². The molecule has 21 heavy (non-hydrogen) atoms. The van der Waals surface area contributed by atoms with Gasteiger partial charge in [-0.15, -0.1) is 0 Å². The summed E-state index contributed by atoms with van der Waals surface area (Å²) in [7, 11) is 0. The lowest BCUT2D eigenvalue weighted by atomic mass is 10.3. The van der Waals surface area contributed by atoms with E-state index in [1.54, 1.807) is 0 Å². The molecule has 2 rings (SSSR count). The van der Waals surface area contributed by atoms with Gasteiger partial charge in [-0.3, -0.25) is 0 Å². The molecule has 0 fully saturated rings. The summed E-state index contributed by atoms with van der Waals surface area (Å²) >= 11 is 0. The Hall–Kier alpha value is -2.00. The minimum atomic E-state index is 0.150. The van der Waals surface area contributed by atoms with Crippen LogP contribution in [0.2, 0.25) is 0 Å². The lowest BCUT2D eigenvalue weighted by Gasteiger charge is -2.15. The van der Waals surface area contributed by atoms with Crippen molar-refractivity contribution in [2.45, 2.75) is 26.4 Å². The summed E-state index contributed by atoms with van der Waals surface area (Å²) in [6, 6.07) is 17.5. The molecule has 1 N–H and O–H groups in total. The van der Waals surface area contributed by atoms with Crippen molar-refractivity contribution in [1.29, 1.82) is 0 Å². The topological polar surface area (TPSA) is 30.5 Å². The minimum absolute atomic E-state index is 0.150. The Kier molecular flexibility index (Phi) is 6.10. The molecule has 2 aromatic rings. The van der Waals surface area contributed by atoms with Crippen LogP contribution < -0.4 is 14.8 Å². The maximum atomic E-state index is 5.85. The van der Waals surface area contributed by atoms with Gasteiger partial charge < -0.3 is 14.8 Å². The number of hydrogen-bond donors (Lipinski definition) is 1. The smallest absolute Gasteiger partial charge is 0.127 e. The van der Waals surface area contributed by atoms with E-state index < -0.39 is 0 Å². The summed E-state index contributed by atoms with van der Waals surface area (Å²) in [6.07, 6.45) is 1.29. The molecule has 3 nitrogen and oxygen atoms in total. The van der Waals surface area contributed by atoms with Crippen molar-refractivity contribution in [1.82, 2.24) is 5.32 Å². The standard InChI is InChI=1S/C18H23NO2/c1-3-13-19-14-15(2)20-17-9-11-18(12-10-17)21-16-7-5-4-6-8-16/h4-12,15,19H,3,13-14H2,1-2H3. The summed E-state index contributed by atoms with van der Waals surface area (Å²) in [5.41, 5.74) is 0. The first-order chi connectivity index (χ1) is 10.3. The third-order valence-electron chi connectivity index (χ3n) is 3.00. The van der Waals surface area contributed by atoms with E-state index in [-0.39, 0.29) is 6.10 Å². The van der Waals surface area contributed by atoms with Crippen LogP contribution in [0.1, 0.15) is 20.3 Å². The Morgan fingerprint density at radius 2 is 1.52 bits per heavy atom. The molecule has 0 amide bonds. The SMILES string of the molecule is CCCNCC(C)Oc1ccc(Oc2ccccc2)cc1. The molecule has 0 bridgehead atoms. The second-order valence-corrected chi connectivity index (χ2v) is 5.02. The molecule has 0 aliphatic carbocycles. The molecule has 1 unspecified atom stereocenters. The van der Waals surface area contributed by atoms with Gasteiger partial charge in [-0.1, -0.05) is 25.1 Å². The van der Waals surface area contributed by atoms with Crippen LogP contribution in [-0.4, -0.2) is 19.2 Å². The maximum Gasteiger partial charge on any atom is 0.127 e. The minimum Gasteiger partial charge on any atom is -0.489 e. The highest BCUT2D eigenvalue weighted by atomic mass is 16.5. The van der Waals surface area contributed by atoms with Gasteiger partial charge in [0.25, 0.3) is 0 Å². The molecule has 0 aliphatic rings. The Bertz CT molecular complexity index is 511. The second kappa shape index (κ2) is 8.32. The second-order valence-electron chi connectivity index (χ2n) is 5.02. The zero-order chi connectivity index (χ0) is 14.9. The fraction of sp³-hybridized carbons (Fsp3) is 0.333. The fourth-order valence-corrected chi connectivity index (χ4v) is 1.97. The average Bonchev–Trinajstić information content (AvgIpc) is 2.51. The van der Waals surface area contributed by atoms with Crippen molar-refractivity contribution in [3.8, 4) is 17.2 Å². The molecular weight excluding hydrogens is 262 g/mol. The van der Waals surface area contributed by atoms with Crippen LogP contribution >= 0.6 is 0 Å². The van der Waals surface area contributed by atoms with Gasteiger partial charge in [0.05, 0.1) is 0 Å². The number of rotatable bonds is 8. The van der Waals surface area contributed by atoms with Gasteiger partial charge in [0, 0.05) is 6.54 Å². The molecular formula is C18H23NO2.